The summed E-state index contributed by atoms with van der Waals surface area (Å²) in [5.74, 6) is 0.940. The number of phenolic OH excluding ortho intramolecular Hbond substituents is 2. The van der Waals surface area contributed by atoms with Crippen molar-refractivity contribution in [3.63, 3.8) is 0 Å². The highest BCUT2D eigenvalue weighted by molar-refractivity contribution is 7.80. The van der Waals surface area contributed by atoms with Gasteiger partial charge in [0, 0.05) is 48.2 Å². The van der Waals surface area contributed by atoms with Gasteiger partial charge >= 0.3 is 0 Å². The number of allylic oxidation sites excluding steroid dienone is 1. The van der Waals surface area contributed by atoms with E-state index in [1.54, 1.807) is 6.07 Å². The fourth-order valence-corrected chi connectivity index (χ4v) is 3.29. The van der Waals surface area contributed by atoms with Crippen molar-refractivity contribution in [2.75, 3.05) is 7.05 Å². The molecule has 4 nitrogen and oxygen atoms in total. The van der Waals surface area contributed by atoms with Crippen LogP contribution in [0.2, 0.25) is 0 Å². The number of hydrogen-bond acceptors (Lipinski definition) is 3. The number of fused-ring (bicyclic) bond motifs is 1. The van der Waals surface area contributed by atoms with Gasteiger partial charge in [0.15, 0.2) is 0 Å². The third-order valence-electron chi connectivity index (χ3n) is 5.44. The van der Waals surface area contributed by atoms with Gasteiger partial charge in [-0.2, -0.15) is 0 Å². The van der Waals surface area contributed by atoms with E-state index >= 15 is 0 Å². The van der Waals surface area contributed by atoms with Crippen LogP contribution >= 0.6 is 12.2 Å². The van der Waals surface area contributed by atoms with Crippen LogP contribution in [0.1, 0.15) is 62.9 Å². The van der Waals surface area contributed by atoms with Crippen molar-refractivity contribution in [1.82, 2.24) is 9.88 Å². The molecule has 0 aliphatic rings. The molecule has 0 amide bonds. The molecule has 0 radical (unpaired) electrons. The normalized spacial score (nSPS) is 10.4. The summed E-state index contributed by atoms with van der Waals surface area (Å²) in [6.45, 7) is 18.0. The molecule has 0 bridgehead atoms. The zero-order valence-corrected chi connectivity index (χ0v) is 22.4. The van der Waals surface area contributed by atoms with Gasteiger partial charge < -0.3 is 20.1 Å². The van der Waals surface area contributed by atoms with Crippen molar-refractivity contribution in [3.05, 3.63) is 65.4 Å². The van der Waals surface area contributed by atoms with Crippen molar-refractivity contribution in [3.8, 4) is 11.5 Å². The van der Waals surface area contributed by atoms with Crippen LogP contribution in [0.3, 0.4) is 0 Å². The number of benzene rings is 2. The first kappa shape index (κ1) is 28.2. The summed E-state index contributed by atoms with van der Waals surface area (Å²) < 4.78 is 2.22. The van der Waals surface area contributed by atoms with Crippen LogP contribution in [0.25, 0.3) is 16.5 Å². The first-order valence-electron chi connectivity index (χ1n) is 11.3. The molecule has 0 aliphatic heterocycles. The SMILES string of the molecule is C=C(C)c1cc(C(C)C)c(O)cc1O.CNC(=S)C(C)C.Cc1ccc2c(c1)cc(C)n2C. The number of hydrogen-bond donors (Lipinski definition) is 3. The topological polar surface area (TPSA) is 57.4 Å². The Morgan fingerprint density at radius 3 is 2.06 bits per heavy atom. The Kier molecular flexibility index (Phi) is 10.7. The lowest BCUT2D eigenvalue weighted by molar-refractivity contribution is 0.443. The average Bonchev–Trinajstić information content (AvgIpc) is 3.00. The molecular formula is C28H40N2O2S. The molecule has 0 saturated carbocycles. The van der Waals surface area contributed by atoms with Gasteiger partial charge in [-0.25, -0.2) is 0 Å². The highest BCUT2D eigenvalue weighted by Crippen LogP contribution is 2.34. The number of nitrogens with one attached hydrogen (secondary N) is 1. The Balaban J connectivity index is 0.000000262. The van der Waals surface area contributed by atoms with Crippen molar-refractivity contribution in [2.45, 2.75) is 54.4 Å². The third-order valence-corrected chi connectivity index (χ3v) is 6.11. The maximum absolute atomic E-state index is 9.58. The minimum absolute atomic E-state index is 0.0828. The predicted octanol–water partition coefficient (Wildman–Crippen LogP) is 7.24. The summed E-state index contributed by atoms with van der Waals surface area (Å²) >= 11 is 4.87. The molecule has 0 fully saturated rings. The summed E-state index contributed by atoms with van der Waals surface area (Å²) in [6, 6.07) is 11.9. The summed E-state index contributed by atoms with van der Waals surface area (Å²) in [6.07, 6.45) is 0. The van der Waals surface area contributed by atoms with E-state index in [2.05, 4.69) is 75.5 Å². The van der Waals surface area contributed by atoms with E-state index in [1.807, 2.05) is 27.8 Å². The van der Waals surface area contributed by atoms with Gasteiger partial charge in [-0.15, -0.1) is 0 Å². The molecule has 5 heteroatoms. The van der Waals surface area contributed by atoms with Crippen molar-refractivity contribution < 1.29 is 10.2 Å². The molecule has 0 atom stereocenters. The predicted molar refractivity (Wildman–Crippen MR) is 147 cm³/mol. The summed E-state index contributed by atoms with van der Waals surface area (Å²) in [4.78, 5) is 0.931. The molecular weight excluding hydrogens is 428 g/mol. The molecule has 33 heavy (non-hydrogen) atoms. The van der Waals surface area contributed by atoms with Gasteiger partial charge in [0.2, 0.25) is 0 Å². The van der Waals surface area contributed by atoms with E-state index < -0.39 is 0 Å². The largest absolute Gasteiger partial charge is 0.508 e. The number of thiocarbonyl (C=S) groups is 1. The molecule has 3 rings (SSSR count). The van der Waals surface area contributed by atoms with E-state index in [0.29, 0.717) is 11.5 Å². The Hall–Kier alpha value is -2.79. The van der Waals surface area contributed by atoms with Gasteiger partial charge in [-0.05, 0) is 62.1 Å². The summed E-state index contributed by atoms with van der Waals surface area (Å²) in [5.41, 5.74) is 6.29. The van der Waals surface area contributed by atoms with Crippen LogP contribution in [0, 0.1) is 19.8 Å². The maximum Gasteiger partial charge on any atom is 0.126 e. The first-order chi connectivity index (χ1) is 15.3. The quantitative estimate of drug-likeness (QED) is 0.355. The minimum atomic E-state index is 0.0828. The van der Waals surface area contributed by atoms with Crippen LogP contribution in [0.15, 0.2) is 43.0 Å². The Labute approximate surface area is 205 Å². The number of aromatic nitrogens is 1. The highest BCUT2D eigenvalue weighted by atomic mass is 32.1. The molecule has 2 aromatic carbocycles. The third kappa shape index (κ3) is 7.93. The second-order valence-corrected chi connectivity index (χ2v) is 9.48. The van der Waals surface area contributed by atoms with Crippen LogP contribution in [0.4, 0.5) is 0 Å². The molecule has 180 valence electrons. The van der Waals surface area contributed by atoms with Crippen LogP contribution in [-0.4, -0.2) is 26.8 Å². The fraction of sp³-hybridized carbons (Fsp3) is 0.393. The first-order valence-corrected chi connectivity index (χ1v) is 11.7. The maximum atomic E-state index is 9.58. The molecule has 1 heterocycles. The van der Waals surface area contributed by atoms with Crippen LogP contribution in [0.5, 0.6) is 11.5 Å². The number of aryl methyl sites for hydroxylation is 3. The van der Waals surface area contributed by atoms with E-state index in [0.717, 1.165) is 16.1 Å². The van der Waals surface area contributed by atoms with Crippen LogP contribution in [-0.2, 0) is 7.05 Å². The zero-order chi connectivity index (χ0) is 25.5. The second-order valence-electron chi connectivity index (χ2n) is 9.04. The van der Waals surface area contributed by atoms with Gasteiger partial charge in [0.1, 0.15) is 11.5 Å². The minimum Gasteiger partial charge on any atom is -0.508 e. The standard InChI is InChI=1S/C12H16O2.C11H13N.C5H11NS/c1-7(2)9-5-10(8(3)4)12(14)6-11(9)13;1-8-4-5-11-10(6-8)7-9(2)12(11)3;1-4(2)5(7)6-3/h5-6,8,13-14H,1H2,2-4H3;4-7H,1-3H3;4H,1-3H3,(H,6,7). The number of phenols is 2. The van der Waals surface area contributed by atoms with Gasteiger partial charge in [0.25, 0.3) is 0 Å². The fourth-order valence-electron chi connectivity index (χ4n) is 3.29. The van der Waals surface area contributed by atoms with Gasteiger partial charge in [-0.3, -0.25) is 0 Å². The Bertz CT molecular complexity index is 1110. The molecule has 3 N–H and O–H groups in total. The van der Waals surface area contributed by atoms with E-state index in [9.17, 15) is 10.2 Å². The van der Waals surface area contributed by atoms with Gasteiger partial charge in [-0.1, -0.05) is 58.1 Å². The lowest BCUT2D eigenvalue weighted by Gasteiger charge is -2.12. The lowest BCUT2D eigenvalue weighted by Crippen LogP contribution is -2.20. The van der Waals surface area contributed by atoms with Crippen LogP contribution < -0.4 is 5.32 Å². The molecule has 0 unspecified atom stereocenters. The summed E-state index contributed by atoms with van der Waals surface area (Å²) in [7, 11) is 3.95. The lowest BCUT2D eigenvalue weighted by atomic mass is 9.96. The zero-order valence-electron chi connectivity index (χ0n) is 21.6. The number of nitrogens with zero attached hydrogens (tertiary/aromatic N) is 1. The molecule has 1 aromatic heterocycles. The van der Waals surface area contributed by atoms with Crippen molar-refractivity contribution >= 4 is 33.7 Å². The second kappa shape index (κ2) is 12.4. The Morgan fingerprint density at radius 2 is 1.61 bits per heavy atom. The molecule has 3 aromatic rings. The Morgan fingerprint density at radius 1 is 1.00 bits per heavy atom. The molecule has 0 spiro atoms. The van der Waals surface area contributed by atoms with Crippen molar-refractivity contribution in [2.24, 2.45) is 13.0 Å². The van der Waals surface area contributed by atoms with E-state index in [1.165, 1.54) is 28.2 Å². The molecule has 0 saturated heterocycles. The van der Waals surface area contributed by atoms with Crippen molar-refractivity contribution in [1.29, 1.82) is 0 Å². The smallest absolute Gasteiger partial charge is 0.126 e. The average molecular weight is 469 g/mol. The highest BCUT2D eigenvalue weighted by Gasteiger charge is 2.11. The van der Waals surface area contributed by atoms with E-state index in [4.69, 9.17) is 12.2 Å². The van der Waals surface area contributed by atoms with E-state index in [-0.39, 0.29) is 17.4 Å². The number of aromatic hydroxyl groups is 2. The molecule has 0 aliphatic carbocycles. The summed E-state index contributed by atoms with van der Waals surface area (Å²) in [5, 5.41) is 23.4. The number of rotatable bonds is 3. The van der Waals surface area contributed by atoms with Gasteiger partial charge in [0.05, 0.1) is 4.99 Å². The monoisotopic (exact) mass is 468 g/mol.